The van der Waals surface area contributed by atoms with Crippen LogP contribution in [-0.4, -0.2) is 15.0 Å². The van der Waals surface area contributed by atoms with Crippen LogP contribution in [0.5, 0.6) is 0 Å². The van der Waals surface area contributed by atoms with E-state index < -0.39 is 0 Å². The van der Waals surface area contributed by atoms with E-state index in [9.17, 15) is 0 Å². The summed E-state index contributed by atoms with van der Waals surface area (Å²) in [5.41, 5.74) is 6.01. The van der Waals surface area contributed by atoms with Gasteiger partial charge < -0.3 is 0 Å². The quantitative estimate of drug-likeness (QED) is 0.559. The topological polar surface area (TPSA) is 0 Å². The van der Waals surface area contributed by atoms with Crippen molar-refractivity contribution in [2.75, 3.05) is 0 Å². The van der Waals surface area contributed by atoms with Crippen molar-refractivity contribution in [1.29, 1.82) is 0 Å². The molecule has 0 aromatic heterocycles. The molecule has 98 valence electrons. The van der Waals surface area contributed by atoms with E-state index in [0.717, 1.165) is 0 Å². The summed E-state index contributed by atoms with van der Waals surface area (Å²) in [5.74, 6) is 0. The third-order valence-electron chi connectivity index (χ3n) is 4.06. The molecule has 0 fully saturated rings. The van der Waals surface area contributed by atoms with E-state index >= 15 is 0 Å². The maximum absolute atomic E-state index is 2.45. The van der Waals surface area contributed by atoms with Gasteiger partial charge in [0.2, 0.25) is 0 Å². The molecule has 0 N–H and O–H groups in total. The second-order valence-corrected chi connectivity index (χ2v) is 8.50. The number of benzene rings is 2. The fourth-order valence-electron chi connectivity index (χ4n) is 2.99. The van der Waals surface area contributed by atoms with Gasteiger partial charge in [0.05, 0.1) is 0 Å². The van der Waals surface area contributed by atoms with Crippen LogP contribution in [0, 0.1) is 0 Å². The van der Waals surface area contributed by atoms with Crippen molar-refractivity contribution in [2.45, 2.75) is 36.3 Å². The van der Waals surface area contributed by atoms with Crippen molar-refractivity contribution >= 4 is 15.0 Å². The first-order valence-electron chi connectivity index (χ1n) is 7.10. The predicted octanol–water partition coefficient (Wildman–Crippen LogP) is 4.85. The molecule has 0 atom stereocenters. The molecule has 0 unspecified atom stereocenters. The summed E-state index contributed by atoms with van der Waals surface area (Å²) < 4.78 is 0.273. The van der Waals surface area contributed by atoms with Gasteiger partial charge in [-0.25, -0.2) is 0 Å². The van der Waals surface area contributed by atoms with Crippen molar-refractivity contribution in [3.05, 3.63) is 59.7 Å². The number of unbranched alkanes of at least 4 members (excludes halogenated alkanes) is 1. The molecular formula is C18H20Se. The number of hydrogen-bond donors (Lipinski definition) is 0. The van der Waals surface area contributed by atoms with Crippen LogP contribution in [0.2, 0.25) is 5.32 Å². The molecule has 2 aromatic carbocycles. The van der Waals surface area contributed by atoms with Gasteiger partial charge in [0.15, 0.2) is 0 Å². The van der Waals surface area contributed by atoms with Crippen LogP contribution in [0.25, 0.3) is 11.1 Å². The minimum atomic E-state index is 0.273. The van der Waals surface area contributed by atoms with Crippen LogP contribution in [0.3, 0.4) is 0 Å². The average molecular weight is 315 g/mol. The van der Waals surface area contributed by atoms with Gasteiger partial charge in [-0.1, -0.05) is 0 Å². The summed E-state index contributed by atoms with van der Waals surface area (Å²) in [5, 5.41) is 1.38. The molecule has 0 saturated carbocycles. The van der Waals surface area contributed by atoms with Gasteiger partial charge in [-0.15, -0.1) is 0 Å². The summed E-state index contributed by atoms with van der Waals surface area (Å²) in [6, 6.07) is 18.0. The Morgan fingerprint density at radius 3 is 1.95 bits per heavy atom. The normalized spacial score (nSPS) is 15.1. The van der Waals surface area contributed by atoms with Crippen molar-refractivity contribution < 1.29 is 0 Å². The molecule has 0 aliphatic heterocycles. The zero-order valence-electron chi connectivity index (χ0n) is 11.6. The minimum absolute atomic E-state index is 0.273. The molecule has 0 saturated heterocycles. The standard InChI is InChI=1S/C18H20Se/c1-3-4-13-19-18(2)16-11-7-5-9-14(16)15-10-6-8-12-17(15)18/h5-12H,3-4,13H2,1-2H3. The van der Waals surface area contributed by atoms with Gasteiger partial charge in [-0.2, -0.15) is 0 Å². The first-order chi connectivity index (χ1) is 9.27. The molecule has 2 aromatic rings. The maximum atomic E-state index is 2.45. The average Bonchev–Trinajstić information content (AvgIpc) is 2.71. The molecular weight excluding hydrogens is 295 g/mol. The molecule has 0 spiro atoms. The number of fused-ring (bicyclic) bond motifs is 3. The van der Waals surface area contributed by atoms with Crippen molar-refractivity contribution in [3.63, 3.8) is 0 Å². The second-order valence-electron chi connectivity index (χ2n) is 5.33. The van der Waals surface area contributed by atoms with Crippen LogP contribution < -0.4 is 0 Å². The Hall–Kier alpha value is -1.04. The fourth-order valence-corrected chi connectivity index (χ4v) is 6.15. The molecule has 0 nitrogen and oxygen atoms in total. The number of hydrogen-bond acceptors (Lipinski definition) is 0. The van der Waals surface area contributed by atoms with E-state index in [1.165, 1.54) is 29.3 Å². The Balaban J connectivity index is 2.09. The van der Waals surface area contributed by atoms with Crippen LogP contribution in [0.4, 0.5) is 0 Å². The summed E-state index contributed by atoms with van der Waals surface area (Å²) in [4.78, 5) is 0. The Kier molecular flexibility index (Phi) is 3.52. The summed E-state index contributed by atoms with van der Waals surface area (Å²) in [7, 11) is 0. The van der Waals surface area contributed by atoms with Gasteiger partial charge in [0.1, 0.15) is 0 Å². The predicted molar refractivity (Wildman–Crippen MR) is 83.8 cm³/mol. The fraction of sp³-hybridized carbons (Fsp3) is 0.333. The Morgan fingerprint density at radius 1 is 0.895 bits per heavy atom. The Bertz CT molecular complexity index is 540. The van der Waals surface area contributed by atoms with Gasteiger partial charge in [-0.05, 0) is 0 Å². The molecule has 1 aliphatic rings. The van der Waals surface area contributed by atoms with Gasteiger partial charge >= 0.3 is 122 Å². The van der Waals surface area contributed by atoms with E-state index in [1.54, 1.807) is 11.1 Å². The van der Waals surface area contributed by atoms with Crippen LogP contribution in [0.1, 0.15) is 37.8 Å². The van der Waals surface area contributed by atoms with Gasteiger partial charge in [-0.3, -0.25) is 0 Å². The van der Waals surface area contributed by atoms with E-state index in [4.69, 9.17) is 0 Å². The summed E-state index contributed by atoms with van der Waals surface area (Å²) >= 11 is 0.631. The summed E-state index contributed by atoms with van der Waals surface area (Å²) in [6.45, 7) is 4.74. The van der Waals surface area contributed by atoms with Crippen molar-refractivity contribution in [2.24, 2.45) is 0 Å². The molecule has 19 heavy (non-hydrogen) atoms. The molecule has 0 bridgehead atoms. The monoisotopic (exact) mass is 316 g/mol. The van der Waals surface area contributed by atoms with Crippen molar-refractivity contribution in [3.8, 4) is 11.1 Å². The first-order valence-corrected chi connectivity index (χ1v) is 9.17. The molecule has 1 heteroatoms. The Labute approximate surface area is 122 Å². The Morgan fingerprint density at radius 2 is 1.42 bits per heavy atom. The van der Waals surface area contributed by atoms with E-state index in [-0.39, 0.29) is 4.31 Å². The third kappa shape index (κ3) is 2.06. The molecule has 0 heterocycles. The van der Waals surface area contributed by atoms with Gasteiger partial charge in [0.25, 0.3) is 0 Å². The molecule has 0 radical (unpaired) electrons. The van der Waals surface area contributed by atoms with E-state index in [1.807, 2.05) is 0 Å². The zero-order valence-corrected chi connectivity index (χ0v) is 13.4. The van der Waals surface area contributed by atoms with Crippen LogP contribution in [0.15, 0.2) is 48.5 Å². The zero-order chi connectivity index (χ0) is 13.3. The van der Waals surface area contributed by atoms with Gasteiger partial charge in [0, 0.05) is 0 Å². The summed E-state index contributed by atoms with van der Waals surface area (Å²) in [6.07, 6.45) is 2.67. The molecule has 3 rings (SSSR count). The SMILES string of the molecule is CCCC[Se]C1(C)c2ccccc2-c2ccccc21. The molecule has 1 aliphatic carbocycles. The van der Waals surface area contributed by atoms with E-state index in [0.29, 0.717) is 15.0 Å². The third-order valence-corrected chi connectivity index (χ3v) is 7.23. The van der Waals surface area contributed by atoms with Crippen LogP contribution in [-0.2, 0) is 4.31 Å². The first kappa shape index (κ1) is 13.0. The van der Waals surface area contributed by atoms with Crippen LogP contribution >= 0.6 is 0 Å². The van der Waals surface area contributed by atoms with E-state index in [2.05, 4.69) is 62.4 Å². The van der Waals surface area contributed by atoms with Crippen molar-refractivity contribution in [1.82, 2.24) is 0 Å². The second kappa shape index (κ2) is 5.15. The number of rotatable bonds is 4. The molecule has 0 amide bonds.